The zero-order chi connectivity index (χ0) is 17.9. The largest absolute Gasteiger partial charge is 0.336 e. The average Bonchev–Trinajstić information content (AvgIpc) is 3.11. The third-order valence-electron chi connectivity index (χ3n) is 4.24. The van der Waals surface area contributed by atoms with Crippen LogP contribution < -0.4 is 0 Å². The first kappa shape index (κ1) is 16.2. The number of amides is 1. The Labute approximate surface area is 149 Å². The van der Waals surface area contributed by atoms with E-state index >= 15 is 0 Å². The number of nitrogens with zero attached hydrogens (tertiary/aromatic N) is 5. The molecule has 1 aliphatic rings. The first-order chi connectivity index (χ1) is 12.7. The van der Waals surface area contributed by atoms with E-state index in [-0.39, 0.29) is 17.5 Å². The van der Waals surface area contributed by atoms with E-state index in [9.17, 15) is 9.18 Å². The van der Waals surface area contributed by atoms with Gasteiger partial charge in [-0.3, -0.25) is 4.79 Å². The first-order valence-electron chi connectivity index (χ1n) is 8.49. The Morgan fingerprint density at radius 1 is 1.12 bits per heavy atom. The number of likely N-dealkylation sites (tertiary alicyclic amines) is 1. The van der Waals surface area contributed by atoms with Crippen LogP contribution in [-0.2, 0) is 0 Å². The van der Waals surface area contributed by atoms with Gasteiger partial charge in [-0.2, -0.15) is 4.98 Å². The summed E-state index contributed by atoms with van der Waals surface area (Å²) in [5, 5.41) is 4.23. The molecule has 26 heavy (non-hydrogen) atoms. The third-order valence-corrected chi connectivity index (χ3v) is 4.24. The zero-order valence-corrected chi connectivity index (χ0v) is 14.0. The molecule has 130 valence electrons. The van der Waals surface area contributed by atoms with E-state index in [2.05, 4.69) is 26.9 Å². The van der Waals surface area contributed by atoms with Crippen LogP contribution in [0.5, 0.6) is 0 Å². The van der Waals surface area contributed by atoms with E-state index in [4.69, 9.17) is 0 Å². The summed E-state index contributed by atoms with van der Waals surface area (Å²) < 4.78 is 15.1. The summed E-state index contributed by atoms with van der Waals surface area (Å²) in [6, 6.07) is 6.31. The van der Waals surface area contributed by atoms with E-state index in [1.807, 2.05) is 0 Å². The van der Waals surface area contributed by atoms with Crippen molar-refractivity contribution < 1.29 is 9.18 Å². The van der Waals surface area contributed by atoms with Gasteiger partial charge < -0.3 is 4.90 Å². The van der Waals surface area contributed by atoms with Crippen LogP contribution in [0.15, 0.2) is 36.7 Å². The minimum atomic E-state index is -0.371. The van der Waals surface area contributed by atoms with Crippen molar-refractivity contribution in [2.24, 2.45) is 0 Å². The second-order valence-electron chi connectivity index (χ2n) is 6.11. The number of piperidine rings is 1. The molecule has 3 aromatic rings. The van der Waals surface area contributed by atoms with Gasteiger partial charge >= 0.3 is 0 Å². The predicted octanol–water partition coefficient (Wildman–Crippen LogP) is 2.29. The highest BCUT2D eigenvalue weighted by atomic mass is 19.1. The van der Waals surface area contributed by atoms with E-state index in [0.717, 1.165) is 32.4 Å². The van der Waals surface area contributed by atoms with Crippen LogP contribution in [0.25, 0.3) is 5.78 Å². The molecule has 0 N–H and O–H groups in total. The molecule has 2 aromatic heterocycles. The fourth-order valence-corrected chi connectivity index (χ4v) is 2.88. The molecule has 0 atom stereocenters. The second kappa shape index (κ2) is 6.92. The zero-order valence-electron chi connectivity index (χ0n) is 14.0. The highest BCUT2D eigenvalue weighted by Gasteiger charge is 2.22. The fraction of sp³-hybridized carbons (Fsp3) is 0.263. The van der Waals surface area contributed by atoms with Crippen LogP contribution in [0.1, 0.15) is 41.0 Å². The third kappa shape index (κ3) is 3.26. The summed E-state index contributed by atoms with van der Waals surface area (Å²) in [6.45, 7) is 1.47. The smallest absolute Gasteiger partial charge is 0.293 e. The van der Waals surface area contributed by atoms with Gasteiger partial charge in [-0.1, -0.05) is 24.0 Å². The molecule has 0 radical (unpaired) electrons. The molecule has 1 saturated heterocycles. The van der Waals surface area contributed by atoms with Gasteiger partial charge in [-0.15, -0.1) is 5.10 Å². The molecule has 7 heteroatoms. The predicted molar refractivity (Wildman–Crippen MR) is 92.9 cm³/mol. The van der Waals surface area contributed by atoms with Crippen molar-refractivity contribution in [2.45, 2.75) is 19.3 Å². The van der Waals surface area contributed by atoms with E-state index in [1.165, 1.54) is 16.8 Å². The van der Waals surface area contributed by atoms with Crippen molar-refractivity contribution in [1.29, 1.82) is 0 Å². The van der Waals surface area contributed by atoms with Gasteiger partial charge in [0, 0.05) is 25.5 Å². The maximum absolute atomic E-state index is 13.6. The van der Waals surface area contributed by atoms with E-state index in [1.54, 1.807) is 29.3 Å². The number of halogens is 1. The minimum absolute atomic E-state index is 0.138. The van der Waals surface area contributed by atoms with Gasteiger partial charge in [0.25, 0.3) is 11.7 Å². The van der Waals surface area contributed by atoms with Crippen molar-refractivity contribution in [2.75, 3.05) is 13.1 Å². The summed E-state index contributed by atoms with van der Waals surface area (Å²) in [4.78, 5) is 22.7. The molecule has 4 rings (SSSR count). The highest BCUT2D eigenvalue weighted by Crippen LogP contribution is 2.12. The molecule has 1 aliphatic heterocycles. The van der Waals surface area contributed by atoms with Crippen LogP contribution in [0.3, 0.4) is 0 Å². The van der Waals surface area contributed by atoms with Crippen molar-refractivity contribution in [3.8, 4) is 11.8 Å². The lowest BCUT2D eigenvalue weighted by atomic mass is 10.1. The van der Waals surface area contributed by atoms with Gasteiger partial charge in [0.2, 0.25) is 5.82 Å². The van der Waals surface area contributed by atoms with Gasteiger partial charge in [0.15, 0.2) is 0 Å². The molecule has 1 amide bonds. The lowest BCUT2D eigenvalue weighted by Gasteiger charge is -2.25. The number of rotatable bonds is 1. The number of carbonyl (C=O) groups excluding carboxylic acids is 1. The Hall–Kier alpha value is -3.27. The normalized spacial score (nSPS) is 14.1. The Morgan fingerprint density at radius 3 is 2.73 bits per heavy atom. The van der Waals surface area contributed by atoms with E-state index < -0.39 is 0 Å². The van der Waals surface area contributed by atoms with Crippen molar-refractivity contribution >= 4 is 11.7 Å². The summed E-state index contributed by atoms with van der Waals surface area (Å²) in [7, 11) is 0. The van der Waals surface area contributed by atoms with Crippen LogP contribution in [0.4, 0.5) is 4.39 Å². The number of hydrogen-bond donors (Lipinski definition) is 0. The molecule has 3 heterocycles. The maximum atomic E-state index is 13.6. The Kier molecular flexibility index (Phi) is 4.32. The van der Waals surface area contributed by atoms with Crippen molar-refractivity contribution in [3.63, 3.8) is 0 Å². The number of aromatic nitrogens is 4. The lowest BCUT2D eigenvalue weighted by Crippen LogP contribution is -2.36. The number of benzene rings is 1. The molecule has 0 saturated carbocycles. The second-order valence-corrected chi connectivity index (χ2v) is 6.11. The topological polar surface area (TPSA) is 63.4 Å². The summed E-state index contributed by atoms with van der Waals surface area (Å²) in [5.74, 6) is 5.56. The van der Waals surface area contributed by atoms with Gasteiger partial charge in [0.1, 0.15) is 5.82 Å². The molecule has 1 fully saturated rings. The monoisotopic (exact) mass is 349 g/mol. The highest BCUT2D eigenvalue weighted by molar-refractivity contribution is 5.90. The average molecular weight is 349 g/mol. The van der Waals surface area contributed by atoms with E-state index in [0.29, 0.717) is 16.9 Å². The molecule has 0 bridgehead atoms. The SMILES string of the molecule is O=C(c1nc2ncc(C#Cc3ccccc3F)cn2n1)N1CCCCC1. The summed E-state index contributed by atoms with van der Waals surface area (Å²) in [6.07, 6.45) is 6.33. The van der Waals surface area contributed by atoms with Crippen molar-refractivity contribution in [1.82, 2.24) is 24.5 Å². The Morgan fingerprint density at radius 2 is 1.92 bits per heavy atom. The molecular weight excluding hydrogens is 333 g/mol. The summed E-state index contributed by atoms with van der Waals surface area (Å²) >= 11 is 0. The van der Waals surface area contributed by atoms with Gasteiger partial charge in [-0.25, -0.2) is 13.9 Å². The molecule has 1 aromatic carbocycles. The Balaban J connectivity index is 1.60. The lowest BCUT2D eigenvalue weighted by molar-refractivity contribution is 0.0712. The first-order valence-corrected chi connectivity index (χ1v) is 8.49. The van der Waals surface area contributed by atoms with Gasteiger partial charge in [0.05, 0.1) is 11.1 Å². The molecule has 0 aliphatic carbocycles. The van der Waals surface area contributed by atoms with Crippen molar-refractivity contribution in [3.05, 3.63) is 59.4 Å². The maximum Gasteiger partial charge on any atom is 0.293 e. The Bertz CT molecular complexity index is 1030. The number of carbonyl (C=O) groups is 1. The molecular formula is C19H16FN5O. The molecule has 0 spiro atoms. The van der Waals surface area contributed by atoms with Crippen LogP contribution in [0.2, 0.25) is 0 Å². The number of fused-ring (bicyclic) bond motifs is 1. The molecule has 0 unspecified atom stereocenters. The molecule has 6 nitrogen and oxygen atoms in total. The van der Waals surface area contributed by atoms with Crippen LogP contribution in [0, 0.1) is 17.7 Å². The van der Waals surface area contributed by atoms with Crippen LogP contribution in [-0.4, -0.2) is 43.5 Å². The quantitative estimate of drug-likeness (QED) is 0.633. The fourth-order valence-electron chi connectivity index (χ4n) is 2.88. The number of hydrogen-bond acceptors (Lipinski definition) is 4. The standard InChI is InChI=1S/C19H16FN5O/c20-16-7-3-2-6-15(16)9-8-14-12-21-19-22-17(23-25(19)13-14)18(26)24-10-4-1-5-11-24/h2-3,6-7,12-13H,1,4-5,10-11H2. The minimum Gasteiger partial charge on any atom is -0.336 e. The van der Waals surface area contributed by atoms with Crippen LogP contribution >= 0.6 is 0 Å². The van der Waals surface area contributed by atoms with Gasteiger partial charge in [-0.05, 0) is 31.4 Å². The summed E-state index contributed by atoms with van der Waals surface area (Å²) in [5.41, 5.74) is 0.870.